The minimum atomic E-state index is -0.260. The zero-order valence-corrected chi connectivity index (χ0v) is 20.0. The van der Waals surface area contributed by atoms with E-state index in [9.17, 15) is 4.79 Å². The first-order valence-corrected chi connectivity index (χ1v) is 9.38. The fourth-order valence-corrected chi connectivity index (χ4v) is 2.23. The van der Waals surface area contributed by atoms with Gasteiger partial charge in [0.15, 0.2) is 5.96 Å². The van der Waals surface area contributed by atoms with E-state index < -0.39 is 0 Å². The minimum absolute atomic E-state index is 0. The molecular weight excluding hydrogens is 471 g/mol. The van der Waals surface area contributed by atoms with Crippen molar-refractivity contribution >= 4 is 35.8 Å². The normalized spacial score (nSPS) is 11.4. The number of rotatable bonds is 10. The van der Waals surface area contributed by atoms with Crippen LogP contribution in [0, 0.1) is 0 Å². The number of amides is 1. The number of halogens is 1. The van der Waals surface area contributed by atoms with E-state index in [1.54, 1.807) is 7.11 Å². The second kappa shape index (κ2) is 14.4. The average Bonchev–Trinajstić information content (AvgIpc) is 2.62. The number of carbonyl (C=O) groups excluding carboxylic acids is 1. The standard InChI is InChI=1S/C20H34N4O3.HI/c1-6-27-13-7-12-21-19(23-15-18(25)24-20(2,3)4)22-14-16-8-10-17(26-5)11-9-16;/h8-11H,6-7,12-15H2,1-5H3,(H,24,25)(H2,21,22,23);1H. The number of ether oxygens (including phenoxy) is 2. The maximum absolute atomic E-state index is 12.0. The molecule has 1 rings (SSSR count). The van der Waals surface area contributed by atoms with Crippen molar-refractivity contribution in [3.05, 3.63) is 29.8 Å². The first-order valence-electron chi connectivity index (χ1n) is 9.38. The number of benzene rings is 1. The number of nitrogens with zero attached hydrogens (tertiary/aromatic N) is 1. The van der Waals surface area contributed by atoms with Crippen LogP contribution < -0.4 is 20.7 Å². The highest BCUT2D eigenvalue weighted by molar-refractivity contribution is 14.0. The van der Waals surface area contributed by atoms with Gasteiger partial charge in [-0.15, -0.1) is 24.0 Å². The van der Waals surface area contributed by atoms with Gasteiger partial charge in [0.25, 0.3) is 0 Å². The largest absolute Gasteiger partial charge is 0.497 e. The molecule has 8 heteroatoms. The number of methoxy groups -OCH3 is 1. The van der Waals surface area contributed by atoms with Crippen molar-refractivity contribution in [2.45, 2.75) is 46.2 Å². The maximum atomic E-state index is 12.0. The molecule has 0 aliphatic rings. The molecule has 0 unspecified atom stereocenters. The number of guanidine groups is 1. The first kappa shape index (κ1) is 26.4. The van der Waals surface area contributed by atoms with Crippen LogP contribution in [0.1, 0.15) is 39.7 Å². The van der Waals surface area contributed by atoms with Gasteiger partial charge < -0.3 is 25.4 Å². The van der Waals surface area contributed by atoms with Crippen molar-refractivity contribution in [2.24, 2.45) is 4.99 Å². The van der Waals surface area contributed by atoms with Crippen molar-refractivity contribution in [1.82, 2.24) is 16.0 Å². The predicted molar refractivity (Wildman–Crippen MR) is 125 cm³/mol. The third-order valence-electron chi connectivity index (χ3n) is 3.47. The van der Waals surface area contributed by atoms with Crippen LogP contribution in [0.25, 0.3) is 0 Å². The SMILES string of the molecule is CCOCCCNC(=NCc1ccc(OC)cc1)NCC(=O)NC(C)(C)C.I. The third kappa shape index (κ3) is 12.8. The van der Waals surface area contributed by atoms with Gasteiger partial charge >= 0.3 is 0 Å². The third-order valence-corrected chi connectivity index (χ3v) is 3.47. The Kier molecular flexibility index (Phi) is 13.6. The minimum Gasteiger partial charge on any atom is -0.497 e. The lowest BCUT2D eigenvalue weighted by Gasteiger charge is -2.21. The van der Waals surface area contributed by atoms with E-state index in [1.807, 2.05) is 52.0 Å². The van der Waals surface area contributed by atoms with E-state index in [-0.39, 0.29) is 42.0 Å². The van der Waals surface area contributed by atoms with Gasteiger partial charge in [-0.1, -0.05) is 12.1 Å². The molecule has 0 heterocycles. The summed E-state index contributed by atoms with van der Waals surface area (Å²) in [5.74, 6) is 1.34. The van der Waals surface area contributed by atoms with E-state index >= 15 is 0 Å². The second-order valence-corrected chi connectivity index (χ2v) is 7.14. The molecule has 0 atom stereocenters. The molecule has 0 spiro atoms. The lowest BCUT2D eigenvalue weighted by Crippen LogP contribution is -2.48. The maximum Gasteiger partial charge on any atom is 0.239 e. The summed E-state index contributed by atoms with van der Waals surface area (Å²) in [6.07, 6.45) is 0.866. The molecule has 0 aliphatic heterocycles. The Hall–Kier alpha value is -1.55. The molecule has 28 heavy (non-hydrogen) atoms. The summed E-state index contributed by atoms with van der Waals surface area (Å²) < 4.78 is 10.5. The Bertz CT molecular complexity index is 586. The number of hydrogen-bond donors (Lipinski definition) is 3. The van der Waals surface area contributed by atoms with E-state index in [0.29, 0.717) is 25.7 Å². The zero-order chi connectivity index (χ0) is 20.1. The molecule has 0 fully saturated rings. The molecule has 0 saturated carbocycles. The van der Waals surface area contributed by atoms with Gasteiger partial charge in [0, 0.05) is 25.3 Å². The van der Waals surface area contributed by atoms with Crippen molar-refractivity contribution < 1.29 is 14.3 Å². The van der Waals surface area contributed by atoms with Gasteiger partial charge in [-0.25, -0.2) is 4.99 Å². The van der Waals surface area contributed by atoms with Crippen LogP contribution in [0.5, 0.6) is 5.75 Å². The van der Waals surface area contributed by atoms with Crippen LogP contribution in [0.4, 0.5) is 0 Å². The number of aliphatic imine (C=N–C) groups is 1. The fourth-order valence-electron chi connectivity index (χ4n) is 2.23. The van der Waals surface area contributed by atoms with Crippen LogP contribution in [0.2, 0.25) is 0 Å². The molecule has 0 saturated heterocycles. The van der Waals surface area contributed by atoms with Crippen LogP contribution in [-0.2, 0) is 16.1 Å². The van der Waals surface area contributed by atoms with E-state index in [1.165, 1.54) is 0 Å². The number of hydrogen-bond acceptors (Lipinski definition) is 4. The van der Waals surface area contributed by atoms with Crippen molar-refractivity contribution in [1.29, 1.82) is 0 Å². The molecule has 1 aromatic carbocycles. The van der Waals surface area contributed by atoms with E-state index in [2.05, 4.69) is 20.9 Å². The molecule has 1 amide bonds. The molecule has 1 aromatic rings. The van der Waals surface area contributed by atoms with E-state index in [4.69, 9.17) is 9.47 Å². The number of nitrogens with one attached hydrogen (secondary N) is 3. The van der Waals surface area contributed by atoms with Gasteiger partial charge in [0.1, 0.15) is 5.75 Å². The monoisotopic (exact) mass is 506 g/mol. The first-order chi connectivity index (χ1) is 12.8. The van der Waals surface area contributed by atoms with Crippen molar-refractivity contribution in [2.75, 3.05) is 33.4 Å². The summed E-state index contributed by atoms with van der Waals surface area (Å²) in [6, 6.07) is 7.76. The summed E-state index contributed by atoms with van der Waals surface area (Å²) in [5.41, 5.74) is 0.801. The highest BCUT2D eigenvalue weighted by Crippen LogP contribution is 2.11. The zero-order valence-electron chi connectivity index (χ0n) is 17.6. The summed E-state index contributed by atoms with van der Waals surface area (Å²) in [6.45, 7) is 10.6. The Morgan fingerprint density at radius 2 is 1.82 bits per heavy atom. The van der Waals surface area contributed by atoms with Crippen molar-refractivity contribution in [3.8, 4) is 5.75 Å². The second-order valence-electron chi connectivity index (χ2n) is 7.14. The Labute approximate surface area is 186 Å². The number of carbonyl (C=O) groups is 1. The lowest BCUT2D eigenvalue weighted by atomic mass is 10.1. The van der Waals surface area contributed by atoms with E-state index in [0.717, 1.165) is 24.3 Å². The van der Waals surface area contributed by atoms with Gasteiger partial charge in [-0.05, 0) is 51.8 Å². The molecule has 160 valence electrons. The average molecular weight is 506 g/mol. The molecule has 0 radical (unpaired) electrons. The Morgan fingerprint density at radius 3 is 2.39 bits per heavy atom. The molecule has 7 nitrogen and oxygen atoms in total. The fraction of sp³-hybridized carbons (Fsp3) is 0.600. The highest BCUT2D eigenvalue weighted by Gasteiger charge is 2.13. The smallest absolute Gasteiger partial charge is 0.239 e. The topological polar surface area (TPSA) is 84.0 Å². The van der Waals surface area contributed by atoms with Gasteiger partial charge in [0.2, 0.25) is 5.91 Å². The predicted octanol–water partition coefficient (Wildman–Crippen LogP) is 2.69. The molecule has 0 aliphatic carbocycles. The van der Waals surface area contributed by atoms with Gasteiger partial charge in [0.05, 0.1) is 20.2 Å². The van der Waals surface area contributed by atoms with Crippen LogP contribution >= 0.6 is 24.0 Å². The van der Waals surface area contributed by atoms with Crippen molar-refractivity contribution in [3.63, 3.8) is 0 Å². The molecule has 0 aromatic heterocycles. The van der Waals surface area contributed by atoms with Gasteiger partial charge in [-0.2, -0.15) is 0 Å². The summed E-state index contributed by atoms with van der Waals surface area (Å²) in [5, 5.41) is 9.26. The summed E-state index contributed by atoms with van der Waals surface area (Å²) in [4.78, 5) is 16.6. The Morgan fingerprint density at radius 1 is 1.14 bits per heavy atom. The highest BCUT2D eigenvalue weighted by atomic mass is 127. The quantitative estimate of drug-likeness (QED) is 0.197. The Balaban J connectivity index is 0.00000729. The van der Waals surface area contributed by atoms with Crippen LogP contribution in [-0.4, -0.2) is 50.8 Å². The lowest BCUT2D eigenvalue weighted by molar-refractivity contribution is -0.121. The molecule has 3 N–H and O–H groups in total. The summed E-state index contributed by atoms with van der Waals surface area (Å²) in [7, 11) is 1.64. The van der Waals surface area contributed by atoms with Gasteiger partial charge in [-0.3, -0.25) is 4.79 Å². The molecule has 0 bridgehead atoms. The van der Waals surface area contributed by atoms with Crippen LogP contribution in [0.15, 0.2) is 29.3 Å². The molecular formula is C20H35IN4O3. The van der Waals surface area contributed by atoms with Crippen LogP contribution in [0.3, 0.4) is 0 Å². The summed E-state index contributed by atoms with van der Waals surface area (Å²) >= 11 is 0.